The van der Waals surface area contributed by atoms with Gasteiger partial charge in [0.1, 0.15) is 43.2 Å². The minimum absolute atomic E-state index is 0.101. The van der Waals surface area contributed by atoms with Crippen LogP contribution in [0.3, 0.4) is 0 Å². The summed E-state index contributed by atoms with van der Waals surface area (Å²) in [4.78, 5) is 34.6. The van der Waals surface area contributed by atoms with E-state index in [1.54, 1.807) is 6.92 Å². The van der Waals surface area contributed by atoms with Crippen LogP contribution in [0.2, 0.25) is 0 Å². The number of aliphatic hydroxyl groups excluding tert-OH is 5. The molecule has 1 saturated carbocycles. The molecule has 13 nitrogen and oxygen atoms in total. The highest BCUT2D eigenvalue weighted by Crippen LogP contribution is 2.47. The maximum Gasteiger partial charge on any atom is 0.472 e. The molecule has 0 saturated heterocycles. The van der Waals surface area contributed by atoms with Crippen molar-refractivity contribution in [3.8, 4) is 0 Å². The van der Waals surface area contributed by atoms with Gasteiger partial charge in [0, 0.05) is 12.8 Å². The van der Waals surface area contributed by atoms with Gasteiger partial charge in [-0.3, -0.25) is 18.6 Å². The van der Waals surface area contributed by atoms with Gasteiger partial charge in [-0.2, -0.15) is 0 Å². The zero-order chi connectivity index (χ0) is 36.5. The molecule has 0 aromatic rings. The lowest BCUT2D eigenvalue weighted by atomic mass is 9.85. The minimum atomic E-state index is -5.08. The standard InChI is InChI=1S/C35H67O13P/c1-3-5-6-7-8-9-10-11-12-13-14-15-16-17-18-19-20-21-22-24-29(37)47-27(25-45-28(36)23-4-2)26-46-49(43,44)48-35-33(41)31(39)30(38)32(40)34(35)42/h27,30-35,38-42H,3-26H2,1-2H3,(H,43,44). The Morgan fingerprint density at radius 1 is 0.551 bits per heavy atom. The number of hydrogen-bond acceptors (Lipinski definition) is 12. The highest BCUT2D eigenvalue weighted by molar-refractivity contribution is 7.47. The predicted octanol–water partition coefficient (Wildman–Crippen LogP) is 5.38. The summed E-state index contributed by atoms with van der Waals surface area (Å²) in [6, 6.07) is 0. The van der Waals surface area contributed by atoms with E-state index in [2.05, 4.69) is 6.92 Å². The third-order valence-corrected chi connectivity index (χ3v) is 9.90. The molecular weight excluding hydrogens is 659 g/mol. The topological polar surface area (TPSA) is 210 Å². The molecule has 1 aliphatic carbocycles. The summed E-state index contributed by atoms with van der Waals surface area (Å²) in [6.07, 6.45) is 11.1. The maximum atomic E-state index is 12.6. The largest absolute Gasteiger partial charge is 0.472 e. The molecule has 1 rings (SSSR count). The third-order valence-electron chi connectivity index (χ3n) is 8.92. The van der Waals surface area contributed by atoms with Gasteiger partial charge in [-0.05, 0) is 12.8 Å². The first kappa shape index (κ1) is 45.9. The van der Waals surface area contributed by atoms with Crippen molar-refractivity contribution in [2.45, 2.75) is 198 Å². The Labute approximate surface area is 293 Å². The van der Waals surface area contributed by atoms with E-state index in [0.29, 0.717) is 12.8 Å². The molecule has 0 aliphatic heterocycles. The first-order valence-corrected chi connectivity index (χ1v) is 20.3. The summed E-state index contributed by atoms with van der Waals surface area (Å²) in [6.45, 7) is 2.86. The molecule has 0 heterocycles. The fraction of sp³-hybridized carbons (Fsp3) is 0.943. The van der Waals surface area contributed by atoms with Crippen molar-refractivity contribution >= 4 is 19.8 Å². The van der Waals surface area contributed by atoms with E-state index in [1.165, 1.54) is 96.3 Å². The Bertz CT molecular complexity index is 891. The van der Waals surface area contributed by atoms with Gasteiger partial charge in [0.15, 0.2) is 6.10 Å². The smallest absolute Gasteiger partial charge is 0.462 e. The number of aliphatic hydroxyl groups is 5. The van der Waals surface area contributed by atoms with Crippen LogP contribution >= 0.6 is 7.82 Å². The van der Waals surface area contributed by atoms with Crippen LogP contribution < -0.4 is 0 Å². The van der Waals surface area contributed by atoms with E-state index >= 15 is 0 Å². The number of phosphoric acid groups is 1. The molecule has 14 heteroatoms. The zero-order valence-corrected chi connectivity index (χ0v) is 30.9. The van der Waals surface area contributed by atoms with E-state index in [4.69, 9.17) is 18.5 Å². The first-order valence-electron chi connectivity index (χ1n) is 18.8. The van der Waals surface area contributed by atoms with Crippen molar-refractivity contribution in [2.75, 3.05) is 13.2 Å². The third kappa shape index (κ3) is 21.1. The molecule has 0 bridgehead atoms. The lowest BCUT2D eigenvalue weighted by Gasteiger charge is -2.41. The normalized spacial score (nSPS) is 24.3. The summed E-state index contributed by atoms with van der Waals surface area (Å²) in [5.74, 6) is -1.15. The van der Waals surface area contributed by atoms with Crippen molar-refractivity contribution in [3.63, 3.8) is 0 Å². The van der Waals surface area contributed by atoms with Crippen LogP contribution in [-0.2, 0) is 32.7 Å². The molecule has 6 unspecified atom stereocenters. The van der Waals surface area contributed by atoms with E-state index in [1.807, 2.05) is 0 Å². The molecule has 1 fully saturated rings. The number of phosphoric ester groups is 1. The van der Waals surface area contributed by atoms with Crippen LogP contribution in [0.4, 0.5) is 0 Å². The lowest BCUT2D eigenvalue weighted by molar-refractivity contribution is -0.220. The Balaban J connectivity index is 2.28. The second-order valence-electron chi connectivity index (χ2n) is 13.4. The number of hydrogen-bond donors (Lipinski definition) is 6. The second-order valence-corrected chi connectivity index (χ2v) is 14.9. The van der Waals surface area contributed by atoms with E-state index in [-0.39, 0.29) is 12.8 Å². The quantitative estimate of drug-likeness (QED) is 0.0312. The van der Waals surface area contributed by atoms with Crippen LogP contribution in [0.25, 0.3) is 0 Å². The van der Waals surface area contributed by atoms with E-state index in [9.17, 15) is 44.6 Å². The summed E-state index contributed by atoms with van der Waals surface area (Å²) in [7, 11) is -5.08. The summed E-state index contributed by atoms with van der Waals surface area (Å²) in [5, 5.41) is 49.5. The Morgan fingerprint density at radius 3 is 1.39 bits per heavy atom. The summed E-state index contributed by atoms with van der Waals surface area (Å²) >= 11 is 0. The highest BCUT2D eigenvalue weighted by Gasteiger charge is 2.51. The Morgan fingerprint density at radius 2 is 0.959 bits per heavy atom. The van der Waals surface area contributed by atoms with Gasteiger partial charge in [-0.1, -0.05) is 129 Å². The molecular formula is C35H67O13P. The molecule has 0 aromatic carbocycles. The number of carbonyl (C=O) groups excluding carboxylic acids is 2. The summed E-state index contributed by atoms with van der Waals surface area (Å²) < 4.78 is 32.7. The molecule has 49 heavy (non-hydrogen) atoms. The van der Waals surface area contributed by atoms with Crippen LogP contribution in [0.5, 0.6) is 0 Å². The number of ether oxygens (including phenoxy) is 2. The Hall–Kier alpha value is -1.15. The number of unbranched alkanes of at least 4 members (excludes halogenated alkanes) is 18. The van der Waals surface area contributed by atoms with Gasteiger partial charge in [0.2, 0.25) is 0 Å². The van der Waals surface area contributed by atoms with Crippen molar-refractivity contribution in [3.05, 3.63) is 0 Å². The van der Waals surface area contributed by atoms with Crippen LogP contribution in [0, 0.1) is 0 Å². The monoisotopic (exact) mass is 726 g/mol. The van der Waals surface area contributed by atoms with Crippen molar-refractivity contribution in [1.82, 2.24) is 0 Å². The molecule has 0 spiro atoms. The van der Waals surface area contributed by atoms with Gasteiger partial charge in [0.05, 0.1) is 6.61 Å². The molecule has 0 aromatic heterocycles. The fourth-order valence-corrected chi connectivity index (χ4v) is 6.83. The zero-order valence-electron chi connectivity index (χ0n) is 30.0. The van der Waals surface area contributed by atoms with Crippen LogP contribution in [0.1, 0.15) is 155 Å². The molecule has 6 N–H and O–H groups in total. The van der Waals surface area contributed by atoms with Crippen molar-refractivity contribution in [2.24, 2.45) is 0 Å². The van der Waals surface area contributed by atoms with E-state index in [0.717, 1.165) is 19.3 Å². The maximum absolute atomic E-state index is 12.6. The average Bonchev–Trinajstić information content (AvgIpc) is 3.07. The Kier molecular flexibility index (Phi) is 25.7. The van der Waals surface area contributed by atoms with Crippen molar-refractivity contribution < 1.29 is 63.1 Å². The lowest BCUT2D eigenvalue weighted by Crippen LogP contribution is -2.64. The number of carbonyl (C=O) groups is 2. The molecule has 0 radical (unpaired) electrons. The molecule has 6 atom stereocenters. The summed E-state index contributed by atoms with van der Waals surface area (Å²) in [5.41, 5.74) is 0. The second kappa shape index (κ2) is 27.5. The number of rotatable bonds is 30. The van der Waals surface area contributed by atoms with Gasteiger partial charge in [0.25, 0.3) is 0 Å². The van der Waals surface area contributed by atoms with Gasteiger partial charge >= 0.3 is 19.8 Å². The SMILES string of the molecule is CCCCCCCCCCCCCCCCCCCCCC(=O)OC(COC(=O)CCC)COP(=O)(O)OC1C(O)C(O)C(O)C(O)C1O. The van der Waals surface area contributed by atoms with Gasteiger partial charge in [-0.15, -0.1) is 0 Å². The minimum Gasteiger partial charge on any atom is -0.462 e. The molecule has 0 amide bonds. The predicted molar refractivity (Wildman–Crippen MR) is 184 cm³/mol. The average molecular weight is 727 g/mol. The highest BCUT2D eigenvalue weighted by atomic mass is 31.2. The van der Waals surface area contributed by atoms with Crippen LogP contribution in [0.15, 0.2) is 0 Å². The van der Waals surface area contributed by atoms with Gasteiger partial charge < -0.3 is 39.9 Å². The molecule has 290 valence electrons. The first-order chi connectivity index (χ1) is 23.4. The van der Waals surface area contributed by atoms with E-state index < -0.39 is 75.7 Å². The van der Waals surface area contributed by atoms with Crippen molar-refractivity contribution in [1.29, 1.82) is 0 Å². The van der Waals surface area contributed by atoms with Crippen LogP contribution in [-0.4, -0.2) is 98.3 Å². The fourth-order valence-electron chi connectivity index (χ4n) is 5.85. The number of esters is 2. The molecule has 1 aliphatic rings. The van der Waals surface area contributed by atoms with Gasteiger partial charge in [-0.25, -0.2) is 4.57 Å².